The third-order valence-electron chi connectivity index (χ3n) is 5.59. The molecule has 39 heavy (non-hydrogen) atoms. The molecule has 208 valence electrons. The fraction of sp³-hybridized carbons (Fsp3) is 0.231. The van der Waals surface area contributed by atoms with E-state index in [2.05, 4.69) is 5.32 Å². The van der Waals surface area contributed by atoms with Crippen LogP contribution in [0.4, 0.5) is 26.3 Å². The summed E-state index contributed by atoms with van der Waals surface area (Å²) in [5.74, 6) is -3.87. The number of hydrogen-bond acceptors (Lipinski definition) is 2. The number of nitrogens with one attached hydrogen (secondary N) is 2. The number of carbonyl (C=O) groups is 2. The Kier molecular flexibility index (Phi) is 9.46. The second-order valence-corrected chi connectivity index (χ2v) is 9.65. The van der Waals surface area contributed by atoms with Gasteiger partial charge in [-0.15, -0.1) is 0 Å². The molecule has 2 unspecified atom stereocenters. The van der Waals surface area contributed by atoms with Crippen molar-refractivity contribution < 1.29 is 35.9 Å². The second kappa shape index (κ2) is 12.1. The van der Waals surface area contributed by atoms with Crippen molar-refractivity contribution in [3.63, 3.8) is 0 Å². The van der Waals surface area contributed by atoms with Crippen LogP contribution in [0, 0.1) is 0 Å². The molecule has 3 aromatic rings. The van der Waals surface area contributed by atoms with Crippen LogP contribution < -0.4 is 10.6 Å². The van der Waals surface area contributed by atoms with Gasteiger partial charge in [0.25, 0.3) is 5.91 Å². The van der Waals surface area contributed by atoms with E-state index in [1.165, 1.54) is 25.1 Å². The van der Waals surface area contributed by atoms with Gasteiger partial charge in [0.15, 0.2) is 0 Å². The maximum absolute atomic E-state index is 13.9. The van der Waals surface area contributed by atoms with E-state index in [0.29, 0.717) is 16.3 Å². The van der Waals surface area contributed by atoms with Crippen molar-refractivity contribution in [1.82, 2.24) is 10.6 Å². The van der Waals surface area contributed by atoms with Crippen molar-refractivity contribution in [1.29, 1.82) is 0 Å². The minimum Gasteiger partial charge on any atom is -0.345 e. The highest BCUT2D eigenvalue weighted by Crippen LogP contribution is 2.41. The minimum absolute atomic E-state index is 0.0704. The lowest BCUT2D eigenvalue weighted by molar-refractivity contribution is -0.139. The smallest absolute Gasteiger partial charge is 0.345 e. The molecule has 13 heteroatoms. The van der Waals surface area contributed by atoms with Gasteiger partial charge in [-0.2, -0.15) is 26.3 Å². The standard InChI is InChI=1S/C26H19Cl3F6N2O2/c1-13(23(38)36-12-25(30,31)32)37-24(39)18-8-6-14(16-4-2-3-5-17(16)18)7-9-19(26(33,34)35)15-10-20(27)22(29)21(28)11-15/h2-11,13,19H,12H2,1H3,(H,36,38)(H,37,39)/b9-7+. The van der Waals surface area contributed by atoms with Gasteiger partial charge in [0, 0.05) is 5.56 Å². The third-order valence-corrected chi connectivity index (χ3v) is 6.79. The summed E-state index contributed by atoms with van der Waals surface area (Å²) in [4.78, 5) is 24.8. The number of halogens is 9. The highest BCUT2D eigenvalue weighted by Gasteiger charge is 2.39. The largest absolute Gasteiger partial charge is 0.405 e. The van der Waals surface area contributed by atoms with E-state index in [0.717, 1.165) is 18.2 Å². The number of amides is 2. The van der Waals surface area contributed by atoms with Gasteiger partial charge in [-0.3, -0.25) is 9.59 Å². The molecular formula is C26H19Cl3F6N2O2. The van der Waals surface area contributed by atoms with Crippen LogP contribution in [0.3, 0.4) is 0 Å². The average Bonchev–Trinajstić information content (AvgIpc) is 2.84. The van der Waals surface area contributed by atoms with Crippen LogP contribution in [0.5, 0.6) is 0 Å². The number of allylic oxidation sites excluding steroid dienone is 1. The molecule has 4 nitrogen and oxygen atoms in total. The number of benzene rings is 3. The second-order valence-electron chi connectivity index (χ2n) is 8.45. The first-order valence-electron chi connectivity index (χ1n) is 11.1. The van der Waals surface area contributed by atoms with E-state index in [1.807, 2.05) is 0 Å². The minimum atomic E-state index is -4.70. The Balaban J connectivity index is 1.92. The molecule has 0 bridgehead atoms. The van der Waals surface area contributed by atoms with E-state index in [-0.39, 0.29) is 26.2 Å². The lowest BCUT2D eigenvalue weighted by atomic mass is 9.94. The predicted molar refractivity (Wildman–Crippen MR) is 139 cm³/mol. The van der Waals surface area contributed by atoms with Crippen molar-refractivity contribution in [3.8, 4) is 0 Å². The maximum Gasteiger partial charge on any atom is 0.405 e. The Hall–Kier alpha value is -2.95. The van der Waals surface area contributed by atoms with Gasteiger partial charge in [-0.1, -0.05) is 77.3 Å². The first-order valence-corrected chi connectivity index (χ1v) is 12.3. The molecule has 0 aliphatic heterocycles. The number of hydrogen-bond donors (Lipinski definition) is 2. The molecule has 3 rings (SSSR count). The Bertz CT molecular complexity index is 1400. The van der Waals surface area contributed by atoms with Crippen LogP contribution >= 0.6 is 34.8 Å². The van der Waals surface area contributed by atoms with E-state index in [9.17, 15) is 35.9 Å². The maximum atomic E-state index is 13.9. The zero-order valence-electron chi connectivity index (χ0n) is 19.9. The van der Waals surface area contributed by atoms with Crippen molar-refractivity contribution in [2.75, 3.05) is 6.54 Å². The summed E-state index contributed by atoms with van der Waals surface area (Å²) < 4.78 is 78.9. The lowest BCUT2D eigenvalue weighted by Gasteiger charge is -2.19. The molecule has 0 fully saturated rings. The molecule has 0 radical (unpaired) electrons. The molecule has 0 saturated heterocycles. The van der Waals surface area contributed by atoms with Gasteiger partial charge in [-0.05, 0) is 47.0 Å². The van der Waals surface area contributed by atoms with Gasteiger partial charge in [0.1, 0.15) is 12.6 Å². The van der Waals surface area contributed by atoms with E-state index in [1.54, 1.807) is 29.6 Å². The lowest BCUT2D eigenvalue weighted by Crippen LogP contribution is -2.47. The fourth-order valence-electron chi connectivity index (χ4n) is 3.71. The van der Waals surface area contributed by atoms with Gasteiger partial charge < -0.3 is 10.6 Å². The third kappa shape index (κ3) is 7.80. The molecule has 2 amide bonds. The summed E-state index contributed by atoms with van der Waals surface area (Å²) in [6.45, 7) is -0.335. The van der Waals surface area contributed by atoms with Crippen LogP contribution in [0.1, 0.15) is 34.3 Å². The van der Waals surface area contributed by atoms with Gasteiger partial charge >= 0.3 is 12.4 Å². The molecule has 2 atom stereocenters. The Morgan fingerprint density at radius 3 is 2.08 bits per heavy atom. The summed E-state index contributed by atoms with van der Waals surface area (Å²) >= 11 is 17.7. The van der Waals surface area contributed by atoms with Crippen LogP contribution in [0.2, 0.25) is 15.1 Å². The van der Waals surface area contributed by atoms with Crippen LogP contribution in [-0.4, -0.2) is 36.8 Å². The molecular weight excluding hydrogens is 593 g/mol. The summed E-state index contributed by atoms with van der Waals surface area (Å²) in [6, 6.07) is 9.99. The summed E-state index contributed by atoms with van der Waals surface area (Å²) in [7, 11) is 0. The van der Waals surface area contributed by atoms with Crippen LogP contribution in [0.25, 0.3) is 16.8 Å². The number of carbonyl (C=O) groups excluding carboxylic acids is 2. The van der Waals surface area contributed by atoms with Crippen LogP contribution in [0.15, 0.2) is 54.6 Å². The van der Waals surface area contributed by atoms with Gasteiger partial charge in [0.2, 0.25) is 5.91 Å². The zero-order valence-corrected chi connectivity index (χ0v) is 22.1. The highest BCUT2D eigenvalue weighted by molar-refractivity contribution is 6.48. The van der Waals surface area contributed by atoms with Gasteiger partial charge in [-0.25, -0.2) is 0 Å². The molecule has 0 aromatic heterocycles. The molecule has 0 heterocycles. The molecule has 3 aromatic carbocycles. The Morgan fingerprint density at radius 1 is 0.923 bits per heavy atom. The zero-order chi connectivity index (χ0) is 29.1. The number of alkyl halides is 6. The SMILES string of the molecule is CC(NC(=O)c1ccc(/C=C/C(c2cc(Cl)c(Cl)c(Cl)c2)C(F)(F)F)c2ccccc12)C(=O)NCC(F)(F)F. The predicted octanol–water partition coefficient (Wildman–Crippen LogP) is 7.96. The van der Waals surface area contributed by atoms with Crippen LogP contribution in [-0.2, 0) is 4.79 Å². The summed E-state index contributed by atoms with van der Waals surface area (Å²) in [6.07, 6.45) is -7.15. The molecule has 0 aliphatic rings. The summed E-state index contributed by atoms with van der Waals surface area (Å²) in [5, 5.41) is 4.44. The normalized spacial score (nSPS) is 13.9. The Morgan fingerprint density at radius 2 is 1.51 bits per heavy atom. The fourth-order valence-corrected chi connectivity index (χ4v) is 4.32. The van der Waals surface area contributed by atoms with Crippen molar-refractivity contribution in [3.05, 3.63) is 86.4 Å². The quantitative estimate of drug-likeness (QED) is 0.210. The number of rotatable bonds is 7. The van der Waals surface area contributed by atoms with E-state index >= 15 is 0 Å². The molecule has 2 N–H and O–H groups in total. The monoisotopic (exact) mass is 610 g/mol. The Labute approximate surface area is 233 Å². The first-order chi connectivity index (χ1) is 18.1. The molecule has 0 spiro atoms. The van der Waals surface area contributed by atoms with E-state index < -0.39 is 42.7 Å². The average molecular weight is 612 g/mol. The van der Waals surface area contributed by atoms with Crippen molar-refractivity contribution in [2.24, 2.45) is 0 Å². The van der Waals surface area contributed by atoms with Gasteiger partial charge in [0.05, 0.1) is 21.0 Å². The van der Waals surface area contributed by atoms with E-state index in [4.69, 9.17) is 34.8 Å². The number of fused-ring (bicyclic) bond motifs is 1. The topological polar surface area (TPSA) is 58.2 Å². The van der Waals surface area contributed by atoms with Crippen molar-refractivity contribution in [2.45, 2.75) is 31.2 Å². The molecule has 0 saturated carbocycles. The molecule has 0 aliphatic carbocycles. The van der Waals surface area contributed by atoms with Crippen molar-refractivity contribution >= 4 is 63.5 Å². The summed E-state index contributed by atoms with van der Waals surface area (Å²) in [5.41, 5.74) is 0.191. The highest BCUT2D eigenvalue weighted by atomic mass is 35.5. The first kappa shape index (κ1) is 30.6.